The predicted molar refractivity (Wildman–Crippen MR) is 49.7 cm³/mol. The Kier molecular flexibility index (Phi) is 3.38. The van der Waals surface area contributed by atoms with Gasteiger partial charge in [0, 0.05) is 31.9 Å². The lowest BCUT2D eigenvalue weighted by Crippen LogP contribution is -2.14. The number of hydrogen-bond donors (Lipinski definition) is 1. The van der Waals surface area contributed by atoms with Crippen molar-refractivity contribution in [1.82, 2.24) is 15.1 Å². The number of H-pyrrole nitrogens is 1. The highest BCUT2D eigenvalue weighted by molar-refractivity contribution is 4.98. The van der Waals surface area contributed by atoms with Crippen LogP contribution in [0.25, 0.3) is 0 Å². The molecule has 0 radical (unpaired) electrons. The summed E-state index contributed by atoms with van der Waals surface area (Å²) in [5.74, 6) is 0. The zero-order chi connectivity index (χ0) is 8.81. The Labute approximate surface area is 73.1 Å². The Balaban J connectivity index is 2.26. The fraction of sp³-hybridized carbons (Fsp3) is 0.444. The van der Waals surface area contributed by atoms with Gasteiger partial charge < -0.3 is 4.90 Å². The summed E-state index contributed by atoms with van der Waals surface area (Å²) in [6.07, 6.45) is 6.90. The summed E-state index contributed by atoms with van der Waals surface area (Å²) in [6.45, 7) is 3.04. The van der Waals surface area contributed by atoms with Gasteiger partial charge in [0.2, 0.25) is 0 Å². The zero-order valence-electron chi connectivity index (χ0n) is 7.62. The molecule has 0 unspecified atom stereocenters. The average Bonchev–Trinajstić information content (AvgIpc) is 2.53. The number of aromatic nitrogens is 2. The molecule has 0 aliphatic rings. The van der Waals surface area contributed by atoms with Crippen LogP contribution < -0.4 is 0 Å². The molecule has 1 aromatic heterocycles. The van der Waals surface area contributed by atoms with Crippen LogP contribution in [0.5, 0.6) is 0 Å². The molecule has 0 atom stereocenters. The van der Waals surface area contributed by atoms with Gasteiger partial charge >= 0.3 is 0 Å². The number of allylic oxidation sites excluding steroid dienone is 1. The van der Waals surface area contributed by atoms with Crippen molar-refractivity contribution in [3.63, 3.8) is 0 Å². The van der Waals surface area contributed by atoms with Gasteiger partial charge in [-0.3, -0.25) is 5.10 Å². The fourth-order valence-electron chi connectivity index (χ4n) is 1.05. The highest BCUT2D eigenvalue weighted by Gasteiger charge is 1.94. The molecular formula is C9H15N3. The molecule has 0 saturated heterocycles. The van der Waals surface area contributed by atoms with E-state index in [0.717, 1.165) is 13.0 Å². The highest BCUT2D eigenvalue weighted by atomic mass is 15.1. The molecule has 1 heterocycles. The fourth-order valence-corrected chi connectivity index (χ4v) is 1.05. The van der Waals surface area contributed by atoms with Crippen molar-refractivity contribution in [2.24, 2.45) is 0 Å². The monoisotopic (exact) mass is 165 g/mol. The van der Waals surface area contributed by atoms with Crippen LogP contribution in [0.15, 0.2) is 24.5 Å². The number of nitrogens with zero attached hydrogens (tertiary/aromatic N) is 2. The quantitative estimate of drug-likeness (QED) is 0.731. The van der Waals surface area contributed by atoms with E-state index in [0.29, 0.717) is 0 Å². The maximum atomic E-state index is 3.88. The van der Waals surface area contributed by atoms with Crippen molar-refractivity contribution in [2.75, 3.05) is 13.6 Å². The molecular weight excluding hydrogens is 150 g/mol. The van der Waals surface area contributed by atoms with Crippen LogP contribution in [0.4, 0.5) is 0 Å². The number of hydrogen-bond acceptors (Lipinski definition) is 2. The van der Waals surface area contributed by atoms with E-state index in [1.165, 1.54) is 5.69 Å². The Morgan fingerprint density at radius 3 is 3.08 bits per heavy atom. The minimum absolute atomic E-state index is 1.01. The summed E-state index contributed by atoms with van der Waals surface area (Å²) < 4.78 is 0. The first-order valence-corrected chi connectivity index (χ1v) is 4.14. The summed E-state index contributed by atoms with van der Waals surface area (Å²) >= 11 is 0. The zero-order valence-corrected chi connectivity index (χ0v) is 7.62. The first-order chi connectivity index (χ1) is 5.83. The number of aromatic amines is 1. The van der Waals surface area contributed by atoms with Gasteiger partial charge in [-0.15, -0.1) is 0 Å². The van der Waals surface area contributed by atoms with Gasteiger partial charge in [0.05, 0.1) is 0 Å². The second-order valence-corrected chi connectivity index (χ2v) is 2.79. The van der Waals surface area contributed by atoms with Crippen LogP contribution in [0.1, 0.15) is 12.6 Å². The summed E-state index contributed by atoms with van der Waals surface area (Å²) in [4.78, 5) is 2.15. The van der Waals surface area contributed by atoms with Crippen LogP contribution in [0.2, 0.25) is 0 Å². The molecule has 1 N–H and O–H groups in total. The van der Waals surface area contributed by atoms with Gasteiger partial charge in [0.1, 0.15) is 0 Å². The van der Waals surface area contributed by atoms with E-state index in [1.54, 1.807) is 6.20 Å². The van der Waals surface area contributed by atoms with Gasteiger partial charge in [-0.25, -0.2) is 0 Å². The first kappa shape index (κ1) is 8.84. The molecule has 12 heavy (non-hydrogen) atoms. The Morgan fingerprint density at radius 1 is 1.67 bits per heavy atom. The van der Waals surface area contributed by atoms with Gasteiger partial charge in [-0.05, 0) is 19.2 Å². The SMILES string of the molecule is C/C=C/N(C)CCc1ccn[nH]1. The highest BCUT2D eigenvalue weighted by Crippen LogP contribution is 1.95. The van der Waals surface area contributed by atoms with Crippen molar-refractivity contribution in [2.45, 2.75) is 13.3 Å². The maximum absolute atomic E-state index is 3.88. The Morgan fingerprint density at radius 2 is 2.50 bits per heavy atom. The maximum Gasteiger partial charge on any atom is 0.0490 e. The molecule has 0 spiro atoms. The lowest BCUT2D eigenvalue weighted by atomic mass is 10.3. The van der Waals surface area contributed by atoms with E-state index in [-0.39, 0.29) is 0 Å². The predicted octanol–water partition coefficient (Wildman–Crippen LogP) is 1.42. The van der Waals surface area contributed by atoms with Crippen molar-refractivity contribution in [1.29, 1.82) is 0 Å². The third-order valence-corrected chi connectivity index (χ3v) is 1.70. The molecule has 0 aromatic carbocycles. The van der Waals surface area contributed by atoms with E-state index in [2.05, 4.69) is 28.3 Å². The Hall–Kier alpha value is -1.25. The molecule has 0 amide bonds. The van der Waals surface area contributed by atoms with E-state index in [1.807, 2.05) is 19.1 Å². The van der Waals surface area contributed by atoms with E-state index in [4.69, 9.17) is 0 Å². The molecule has 3 heteroatoms. The van der Waals surface area contributed by atoms with E-state index >= 15 is 0 Å². The molecule has 0 bridgehead atoms. The normalized spacial score (nSPS) is 10.8. The van der Waals surface area contributed by atoms with Crippen LogP contribution in [0, 0.1) is 0 Å². The largest absolute Gasteiger partial charge is 0.380 e. The van der Waals surface area contributed by atoms with Gasteiger partial charge in [0.25, 0.3) is 0 Å². The molecule has 0 fully saturated rings. The molecule has 0 aliphatic carbocycles. The third kappa shape index (κ3) is 2.78. The first-order valence-electron chi connectivity index (χ1n) is 4.14. The van der Waals surface area contributed by atoms with Crippen LogP contribution in [0.3, 0.4) is 0 Å². The van der Waals surface area contributed by atoms with E-state index < -0.39 is 0 Å². The second kappa shape index (κ2) is 4.59. The minimum atomic E-state index is 1.01. The summed E-state index contributed by atoms with van der Waals surface area (Å²) in [5, 5.41) is 6.82. The van der Waals surface area contributed by atoms with Gasteiger partial charge in [0.15, 0.2) is 0 Å². The minimum Gasteiger partial charge on any atom is -0.380 e. The van der Waals surface area contributed by atoms with Crippen LogP contribution >= 0.6 is 0 Å². The van der Waals surface area contributed by atoms with Crippen LogP contribution in [-0.2, 0) is 6.42 Å². The summed E-state index contributed by atoms with van der Waals surface area (Å²) in [6, 6.07) is 2.00. The molecule has 0 saturated carbocycles. The summed E-state index contributed by atoms with van der Waals surface area (Å²) in [7, 11) is 2.07. The van der Waals surface area contributed by atoms with Gasteiger partial charge in [-0.2, -0.15) is 5.10 Å². The summed E-state index contributed by atoms with van der Waals surface area (Å²) in [5.41, 5.74) is 1.19. The lowest BCUT2D eigenvalue weighted by molar-refractivity contribution is 0.457. The molecule has 1 rings (SSSR count). The lowest BCUT2D eigenvalue weighted by Gasteiger charge is -2.11. The average molecular weight is 165 g/mol. The molecule has 1 aromatic rings. The Bertz CT molecular complexity index is 226. The molecule has 66 valence electrons. The van der Waals surface area contributed by atoms with Gasteiger partial charge in [-0.1, -0.05) is 6.08 Å². The number of likely N-dealkylation sites (N-methyl/N-ethyl adjacent to an activating group) is 1. The van der Waals surface area contributed by atoms with Crippen molar-refractivity contribution in [3.8, 4) is 0 Å². The second-order valence-electron chi connectivity index (χ2n) is 2.79. The van der Waals surface area contributed by atoms with Crippen molar-refractivity contribution < 1.29 is 0 Å². The van der Waals surface area contributed by atoms with Crippen LogP contribution in [-0.4, -0.2) is 28.7 Å². The number of rotatable bonds is 4. The van der Waals surface area contributed by atoms with E-state index in [9.17, 15) is 0 Å². The topological polar surface area (TPSA) is 31.9 Å². The molecule has 3 nitrogen and oxygen atoms in total. The smallest absolute Gasteiger partial charge is 0.0490 e. The number of nitrogens with one attached hydrogen (secondary N) is 1. The van der Waals surface area contributed by atoms with Crippen molar-refractivity contribution in [3.05, 3.63) is 30.2 Å². The third-order valence-electron chi connectivity index (χ3n) is 1.70. The van der Waals surface area contributed by atoms with Crippen molar-refractivity contribution >= 4 is 0 Å². The standard InChI is InChI=1S/C9H15N3/c1-3-7-12(2)8-5-9-4-6-10-11-9/h3-4,6-7H,5,8H2,1-2H3,(H,10,11)/b7-3+. The molecule has 0 aliphatic heterocycles.